The van der Waals surface area contributed by atoms with Crippen molar-refractivity contribution in [3.8, 4) is 5.75 Å². The van der Waals surface area contributed by atoms with Gasteiger partial charge in [-0.3, -0.25) is 14.6 Å². The van der Waals surface area contributed by atoms with Gasteiger partial charge < -0.3 is 19.6 Å². The Kier molecular flexibility index (Phi) is 5.75. The van der Waals surface area contributed by atoms with Crippen LogP contribution in [0.1, 0.15) is 17.2 Å². The predicted octanol–water partition coefficient (Wildman–Crippen LogP) is 2.07. The molecule has 2 heterocycles. The molecule has 3 rings (SSSR count). The quantitative estimate of drug-likeness (QED) is 0.469. The maximum Gasteiger partial charge on any atom is 0.295 e. The molecular formula is C21H23N3O4. The summed E-state index contributed by atoms with van der Waals surface area (Å²) in [7, 11) is 5.32. The largest absolute Gasteiger partial charge is 0.507 e. The van der Waals surface area contributed by atoms with Gasteiger partial charge in [-0.1, -0.05) is 12.1 Å². The average molecular weight is 381 g/mol. The molecule has 1 aliphatic rings. The number of pyridine rings is 1. The van der Waals surface area contributed by atoms with Crippen LogP contribution >= 0.6 is 0 Å². The predicted molar refractivity (Wildman–Crippen MR) is 105 cm³/mol. The fourth-order valence-electron chi connectivity index (χ4n) is 3.24. The summed E-state index contributed by atoms with van der Waals surface area (Å²) in [6, 6.07) is 9.59. The smallest absolute Gasteiger partial charge is 0.295 e. The van der Waals surface area contributed by atoms with E-state index in [9.17, 15) is 14.7 Å². The molecule has 0 aliphatic carbocycles. The van der Waals surface area contributed by atoms with Crippen LogP contribution in [0, 0.1) is 0 Å². The number of aliphatic hydroxyl groups excluding tert-OH is 1. The lowest BCUT2D eigenvalue weighted by molar-refractivity contribution is -0.140. The summed E-state index contributed by atoms with van der Waals surface area (Å²) in [6.45, 7) is 0.952. The van der Waals surface area contributed by atoms with Crippen molar-refractivity contribution < 1.29 is 19.4 Å². The van der Waals surface area contributed by atoms with Crippen molar-refractivity contribution in [3.05, 3.63) is 65.5 Å². The van der Waals surface area contributed by atoms with Crippen molar-refractivity contribution in [2.75, 3.05) is 34.3 Å². The molecule has 1 fully saturated rings. The molecule has 0 radical (unpaired) electrons. The molecule has 1 amide bonds. The summed E-state index contributed by atoms with van der Waals surface area (Å²) in [6.07, 6.45) is 3.21. The van der Waals surface area contributed by atoms with Gasteiger partial charge in [-0.15, -0.1) is 0 Å². The summed E-state index contributed by atoms with van der Waals surface area (Å²) in [5.74, 6) is -0.980. The Morgan fingerprint density at radius 2 is 1.93 bits per heavy atom. The van der Waals surface area contributed by atoms with Gasteiger partial charge in [0.1, 0.15) is 11.5 Å². The molecule has 0 spiro atoms. The fourth-order valence-corrected chi connectivity index (χ4v) is 3.24. The van der Waals surface area contributed by atoms with Crippen LogP contribution in [0.3, 0.4) is 0 Å². The van der Waals surface area contributed by atoms with Crippen molar-refractivity contribution in [3.63, 3.8) is 0 Å². The highest BCUT2D eigenvalue weighted by Gasteiger charge is 2.45. The van der Waals surface area contributed by atoms with Crippen LogP contribution in [0.15, 0.2) is 54.4 Å². The molecular weight excluding hydrogens is 358 g/mol. The minimum absolute atomic E-state index is 0.0724. The number of aromatic nitrogens is 1. The lowest BCUT2D eigenvalue weighted by atomic mass is 9.96. The molecule has 1 atom stereocenters. The molecule has 1 saturated heterocycles. The Morgan fingerprint density at radius 3 is 2.57 bits per heavy atom. The third kappa shape index (κ3) is 3.75. The van der Waals surface area contributed by atoms with E-state index in [1.54, 1.807) is 48.8 Å². The second-order valence-corrected chi connectivity index (χ2v) is 6.81. The molecule has 28 heavy (non-hydrogen) atoms. The first-order valence-corrected chi connectivity index (χ1v) is 8.91. The van der Waals surface area contributed by atoms with Gasteiger partial charge in [0.2, 0.25) is 0 Å². The third-order valence-electron chi connectivity index (χ3n) is 4.69. The van der Waals surface area contributed by atoms with Crippen LogP contribution in [0.25, 0.3) is 5.76 Å². The van der Waals surface area contributed by atoms with Crippen LogP contribution in [0.5, 0.6) is 5.75 Å². The minimum atomic E-state index is -0.694. The topological polar surface area (TPSA) is 83.0 Å². The SMILES string of the molecule is COc1cccc(/C(O)=C2\C(=O)C(=O)N(CCN(C)C)[C@@H]2c2ccncc2)c1. The van der Waals surface area contributed by atoms with Crippen LogP contribution in [-0.2, 0) is 9.59 Å². The number of ether oxygens (including phenoxy) is 1. The number of ketones is 1. The molecule has 146 valence electrons. The first-order chi connectivity index (χ1) is 13.4. The van der Waals surface area contributed by atoms with Crippen LogP contribution in [0.2, 0.25) is 0 Å². The van der Waals surface area contributed by atoms with Gasteiger partial charge in [0.15, 0.2) is 0 Å². The van der Waals surface area contributed by atoms with E-state index in [2.05, 4.69) is 4.98 Å². The first-order valence-electron chi connectivity index (χ1n) is 8.91. The number of carbonyl (C=O) groups excluding carboxylic acids is 2. The second kappa shape index (κ2) is 8.22. The van der Waals surface area contributed by atoms with Crippen molar-refractivity contribution in [2.24, 2.45) is 0 Å². The highest BCUT2D eigenvalue weighted by molar-refractivity contribution is 6.46. The number of rotatable bonds is 6. The normalized spacial score (nSPS) is 18.7. The molecule has 1 aliphatic heterocycles. The zero-order valence-corrected chi connectivity index (χ0v) is 16.1. The molecule has 7 heteroatoms. The lowest BCUT2D eigenvalue weighted by Gasteiger charge is -2.26. The first kappa shape index (κ1) is 19.6. The fraction of sp³-hybridized carbons (Fsp3) is 0.286. The van der Waals surface area contributed by atoms with Gasteiger partial charge >= 0.3 is 0 Å². The van der Waals surface area contributed by atoms with Crippen molar-refractivity contribution in [1.82, 2.24) is 14.8 Å². The van der Waals surface area contributed by atoms with E-state index in [0.717, 1.165) is 5.56 Å². The number of likely N-dealkylation sites (tertiary alicyclic amines) is 1. The number of carbonyl (C=O) groups is 2. The van der Waals surface area contributed by atoms with Crippen LogP contribution in [-0.4, -0.2) is 65.9 Å². The average Bonchev–Trinajstić information content (AvgIpc) is 2.97. The summed E-state index contributed by atoms with van der Waals surface area (Å²) < 4.78 is 5.20. The molecule has 0 unspecified atom stereocenters. The number of likely N-dealkylation sites (N-methyl/N-ethyl adjacent to an activating group) is 1. The van der Waals surface area contributed by atoms with Crippen molar-refractivity contribution in [2.45, 2.75) is 6.04 Å². The zero-order chi connectivity index (χ0) is 20.3. The molecule has 1 N–H and O–H groups in total. The zero-order valence-electron chi connectivity index (χ0n) is 16.1. The molecule has 1 aromatic carbocycles. The van der Waals surface area contributed by atoms with Gasteiger partial charge in [0, 0.05) is 31.0 Å². The maximum absolute atomic E-state index is 12.8. The molecule has 0 saturated carbocycles. The van der Waals surface area contributed by atoms with E-state index >= 15 is 0 Å². The third-order valence-corrected chi connectivity index (χ3v) is 4.69. The summed E-state index contributed by atoms with van der Waals surface area (Å²) in [5.41, 5.74) is 1.21. The van der Waals surface area contributed by atoms with E-state index in [1.807, 2.05) is 19.0 Å². The van der Waals surface area contributed by atoms with Crippen molar-refractivity contribution in [1.29, 1.82) is 0 Å². The number of Topliss-reactive ketones (excluding diaryl/α,β-unsaturated/α-hetero) is 1. The van der Waals surface area contributed by atoms with Gasteiger partial charge in [-0.05, 0) is 43.9 Å². The number of benzene rings is 1. The number of amides is 1. The highest BCUT2D eigenvalue weighted by Crippen LogP contribution is 2.39. The van der Waals surface area contributed by atoms with Gasteiger partial charge in [0.25, 0.3) is 11.7 Å². The van der Waals surface area contributed by atoms with E-state index in [4.69, 9.17) is 4.74 Å². The number of nitrogens with zero attached hydrogens (tertiary/aromatic N) is 3. The van der Waals surface area contributed by atoms with Gasteiger partial charge in [-0.2, -0.15) is 0 Å². The number of hydrogen-bond donors (Lipinski definition) is 1. The Morgan fingerprint density at radius 1 is 1.21 bits per heavy atom. The van der Waals surface area contributed by atoms with Gasteiger partial charge in [0.05, 0.1) is 18.7 Å². The Labute approximate surface area is 163 Å². The lowest BCUT2D eigenvalue weighted by Crippen LogP contribution is -2.35. The maximum atomic E-state index is 12.8. The van der Waals surface area contributed by atoms with E-state index in [1.165, 1.54) is 12.0 Å². The Bertz CT molecular complexity index is 909. The number of hydrogen-bond acceptors (Lipinski definition) is 6. The van der Waals surface area contributed by atoms with Crippen LogP contribution < -0.4 is 4.74 Å². The Balaban J connectivity index is 2.13. The minimum Gasteiger partial charge on any atom is -0.507 e. The van der Waals surface area contributed by atoms with E-state index in [-0.39, 0.29) is 11.3 Å². The van der Waals surface area contributed by atoms with E-state index in [0.29, 0.717) is 24.4 Å². The number of aliphatic hydroxyl groups is 1. The van der Waals surface area contributed by atoms with E-state index < -0.39 is 17.7 Å². The van der Waals surface area contributed by atoms with Crippen molar-refractivity contribution >= 4 is 17.4 Å². The molecule has 2 aromatic rings. The molecule has 1 aromatic heterocycles. The molecule has 0 bridgehead atoms. The Hall–Kier alpha value is -3.19. The highest BCUT2D eigenvalue weighted by atomic mass is 16.5. The second-order valence-electron chi connectivity index (χ2n) is 6.81. The van der Waals surface area contributed by atoms with Gasteiger partial charge in [-0.25, -0.2) is 0 Å². The number of methoxy groups -OCH3 is 1. The molecule has 7 nitrogen and oxygen atoms in total. The summed E-state index contributed by atoms with van der Waals surface area (Å²) >= 11 is 0. The summed E-state index contributed by atoms with van der Waals surface area (Å²) in [4.78, 5) is 33.0. The van der Waals surface area contributed by atoms with Crippen LogP contribution in [0.4, 0.5) is 0 Å². The standard InChI is InChI=1S/C21H23N3O4/c1-23(2)11-12-24-18(14-7-9-22-10-8-14)17(20(26)21(24)27)19(25)15-5-4-6-16(13-15)28-3/h4-10,13,18,25H,11-12H2,1-3H3/b19-17+/t18-/m1/s1. The summed E-state index contributed by atoms with van der Waals surface area (Å²) in [5, 5.41) is 11.0. The monoisotopic (exact) mass is 381 g/mol.